The van der Waals surface area contributed by atoms with Crippen molar-refractivity contribution in [2.45, 2.75) is 53.4 Å². The van der Waals surface area contributed by atoms with Gasteiger partial charge >= 0.3 is 0 Å². The molecule has 1 aromatic heterocycles. The monoisotopic (exact) mass is 368 g/mol. The second-order valence-corrected chi connectivity index (χ2v) is 7.16. The maximum Gasteiger partial charge on any atom is 0.241 e. The van der Waals surface area contributed by atoms with Crippen LogP contribution in [0.15, 0.2) is 30.3 Å². The maximum atomic E-state index is 12.6. The molecule has 0 atom stereocenters. The summed E-state index contributed by atoms with van der Waals surface area (Å²) in [5.74, 6) is 1.83. The van der Waals surface area contributed by atoms with Crippen LogP contribution in [0.4, 0.5) is 5.82 Å². The molecule has 0 aliphatic heterocycles. The lowest BCUT2D eigenvalue weighted by Gasteiger charge is -2.22. The lowest BCUT2D eigenvalue weighted by atomic mass is 10.0. The predicted molar refractivity (Wildman–Crippen MR) is 112 cm³/mol. The van der Waals surface area contributed by atoms with Gasteiger partial charge in [-0.2, -0.15) is 0 Å². The second-order valence-electron chi connectivity index (χ2n) is 7.16. The van der Waals surface area contributed by atoms with Gasteiger partial charge in [-0.05, 0) is 25.7 Å². The van der Waals surface area contributed by atoms with E-state index in [0.29, 0.717) is 5.82 Å². The first-order valence-electron chi connectivity index (χ1n) is 9.93. The highest BCUT2D eigenvalue weighted by Gasteiger charge is 2.17. The molecule has 5 nitrogen and oxygen atoms in total. The van der Waals surface area contributed by atoms with E-state index in [1.165, 1.54) is 0 Å². The van der Waals surface area contributed by atoms with E-state index in [1.54, 1.807) is 0 Å². The minimum absolute atomic E-state index is 0.115. The van der Waals surface area contributed by atoms with E-state index >= 15 is 0 Å². The molecule has 0 fully saturated rings. The quantitative estimate of drug-likeness (QED) is 0.701. The number of hydrogen-bond acceptors (Lipinski definition) is 4. The molecule has 146 valence electrons. The first-order valence-corrected chi connectivity index (χ1v) is 9.93. The molecular formula is C22H32N4O. The lowest BCUT2D eigenvalue weighted by molar-refractivity contribution is -0.129. The van der Waals surface area contributed by atoms with Crippen molar-refractivity contribution < 1.29 is 4.79 Å². The van der Waals surface area contributed by atoms with Crippen LogP contribution in [-0.4, -0.2) is 40.4 Å². The number of hydrogen-bond donors (Lipinski definition) is 1. The summed E-state index contributed by atoms with van der Waals surface area (Å²) in [6.07, 6.45) is 1.93. The molecule has 0 aliphatic rings. The van der Waals surface area contributed by atoms with E-state index in [9.17, 15) is 4.79 Å². The molecule has 0 bridgehead atoms. The molecule has 1 aromatic carbocycles. The molecular weight excluding hydrogens is 336 g/mol. The number of aromatic nitrogens is 2. The van der Waals surface area contributed by atoms with Crippen LogP contribution in [0.2, 0.25) is 0 Å². The van der Waals surface area contributed by atoms with Crippen LogP contribution in [0, 0.1) is 6.92 Å². The number of nitrogens with one attached hydrogen (secondary N) is 1. The Morgan fingerprint density at radius 3 is 2.26 bits per heavy atom. The number of anilines is 1. The number of rotatable bonds is 9. The number of carbonyl (C=O) groups is 1. The third kappa shape index (κ3) is 5.52. The first kappa shape index (κ1) is 20.9. The average molecular weight is 369 g/mol. The standard InChI is InChI=1S/C22H32N4O/c1-6-13-26(14-7-2)19(27)15-23-21-17(5)20(16(3)4)24-22(25-21)18-11-9-8-10-12-18/h8-12,16H,6-7,13-15H2,1-5H3,(H,23,24,25). The highest BCUT2D eigenvalue weighted by atomic mass is 16.2. The molecule has 27 heavy (non-hydrogen) atoms. The fraction of sp³-hybridized carbons (Fsp3) is 0.500. The lowest BCUT2D eigenvalue weighted by Crippen LogP contribution is -2.37. The van der Waals surface area contributed by atoms with Crippen LogP contribution in [0.25, 0.3) is 11.4 Å². The highest BCUT2D eigenvalue weighted by Crippen LogP contribution is 2.26. The molecule has 0 saturated carbocycles. The van der Waals surface area contributed by atoms with E-state index in [1.807, 2.05) is 42.2 Å². The third-order valence-corrected chi connectivity index (χ3v) is 4.51. The summed E-state index contributed by atoms with van der Waals surface area (Å²) in [5, 5.41) is 3.27. The fourth-order valence-corrected chi connectivity index (χ4v) is 3.16. The number of amides is 1. The topological polar surface area (TPSA) is 58.1 Å². The normalized spacial score (nSPS) is 10.9. The molecule has 2 aromatic rings. The molecule has 0 unspecified atom stereocenters. The average Bonchev–Trinajstić information content (AvgIpc) is 2.67. The number of nitrogens with zero attached hydrogens (tertiary/aromatic N) is 3. The van der Waals surface area contributed by atoms with Crippen LogP contribution in [0.5, 0.6) is 0 Å². The van der Waals surface area contributed by atoms with Crippen molar-refractivity contribution in [3.8, 4) is 11.4 Å². The van der Waals surface area contributed by atoms with Gasteiger partial charge in [0.05, 0.1) is 12.2 Å². The molecule has 1 heterocycles. The first-order chi connectivity index (χ1) is 13.0. The van der Waals surface area contributed by atoms with Crippen LogP contribution < -0.4 is 5.32 Å². The van der Waals surface area contributed by atoms with Crippen molar-refractivity contribution in [2.24, 2.45) is 0 Å². The summed E-state index contributed by atoms with van der Waals surface area (Å²) in [6.45, 7) is 12.3. The minimum atomic E-state index is 0.115. The van der Waals surface area contributed by atoms with Gasteiger partial charge in [0.25, 0.3) is 0 Å². The Morgan fingerprint density at radius 2 is 1.70 bits per heavy atom. The van der Waals surface area contributed by atoms with Gasteiger partial charge in [0.15, 0.2) is 5.82 Å². The van der Waals surface area contributed by atoms with Crippen molar-refractivity contribution in [2.75, 3.05) is 25.0 Å². The SMILES string of the molecule is CCCN(CCC)C(=O)CNc1nc(-c2ccccc2)nc(C(C)C)c1C. The summed E-state index contributed by atoms with van der Waals surface area (Å²) in [5.41, 5.74) is 3.00. The van der Waals surface area contributed by atoms with Crippen molar-refractivity contribution in [3.63, 3.8) is 0 Å². The van der Waals surface area contributed by atoms with E-state index < -0.39 is 0 Å². The van der Waals surface area contributed by atoms with Gasteiger partial charge < -0.3 is 10.2 Å². The van der Waals surface area contributed by atoms with Crippen molar-refractivity contribution in [3.05, 3.63) is 41.6 Å². The number of benzene rings is 1. The van der Waals surface area contributed by atoms with Gasteiger partial charge in [-0.25, -0.2) is 9.97 Å². The van der Waals surface area contributed by atoms with Gasteiger partial charge in [0.2, 0.25) is 5.91 Å². The van der Waals surface area contributed by atoms with E-state index in [0.717, 1.165) is 48.6 Å². The van der Waals surface area contributed by atoms with Gasteiger partial charge in [0, 0.05) is 24.2 Å². The van der Waals surface area contributed by atoms with Crippen molar-refractivity contribution in [1.82, 2.24) is 14.9 Å². The van der Waals surface area contributed by atoms with E-state index in [-0.39, 0.29) is 18.4 Å². The molecule has 0 saturated heterocycles. The van der Waals surface area contributed by atoms with Gasteiger partial charge in [0.1, 0.15) is 5.82 Å². The zero-order chi connectivity index (χ0) is 19.8. The van der Waals surface area contributed by atoms with Crippen molar-refractivity contribution >= 4 is 11.7 Å². The van der Waals surface area contributed by atoms with Gasteiger partial charge in [-0.3, -0.25) is 4.79 Å². The van der Waals surface area contributed by atoms with Crippen LogP contribution in [-0.2, 0) is 4.79 Å². The Morgan fingerprint density at radius 1 is 1.07 bits per heavy atom. The van der Waals surface area contributed by atoms with E-state index in [4.69, 9.17) is 9.97 Å². The summed E-state index contributed by atoms with van der Waals surface area (Å²) in [7, 11) is 0. The summed E-state index contributed by atoms with van der Waals surface area (Å²) in [6, 6.07) is 9.96. The molecule has 0 aliphatic carbocycles. The third-order valence-electron chi connectivity index (χ3n) is 4.51. The molecule has 0 spiro atoms. The molecule has 2 rings (SSSR count). The largest absolute Gasteiger partial charge is 0.361 e. The zero-order valence-electron chi connectivity index (χ0n) is 17.2. The highest BCUT2D eigenvalue weighted by molar-refractivity contribution is 5.81. The van der Waals surface area contributed by atoms with Crippen molar-refractivity contribution in [1.29, 1.82) is 0 Å². The second kappa shape index (κ2) is 10.0. The summed E-state index contributed by atoms with van der Waals surface area (Å²) < 4.78 is 0. The summed E-state index contributed by atoms with van der Waals surface area (Å²) >= 11 is 0. The van der Waals surface area contributed by atoms with Gasteiger partial charge in [-0.1, -0.05) is 58.0 Å². The maximum absolute atomic E-state index is 12.6. The Kier molecular flexibility index (Phi) is 7.77. The van der Waals surface area contributed by atoms with Crippen LogP contribution in [0.3, 0.4) is 0 Å². The predicted octanol–water partition coefficient (Wildman–Crippen LogP) is 4.64. The zero-order valence-corrected chi connectivity index (χ0v) is 17.2. The molecule has 0 radical (unpaired) electrons. The van der Waals surface area contributed by atoms with Gasteiger partial charge in [-0.15, -0.1) is 0 Å². The Balaban J connectivity index is 2.27. The molecule has 1 N–H and O–H groups in total. The molecule has 5 heteroatoms. The Hall–Kier alpha value is -2.43. The fourth-order valence-electron chi connectivity index (χ4n) is 3.16. The number of carbonyl (C=O) groups excluding carboxylic acids is 1. The molecule has 1 amide bonds. The van der Waals surface area contributed by atoms with Crippen LogP contribution >= 0.6 is 0 Å². The Bertz CT molecular complexity index is 737. The van der Waals surface area contributed by atoms with E-state index in [2.05, 4.69) is 33.0 Å². The Labute approximate surface area is 163 Å². The summed E-state index contributed by atoms with van der Waals surface area (Å²) in [4.78, 5) is 24.0. The minimum Gasteiger partial charge on any atom is -0.361 e. The smallest absolute Gasteiger partial charge is 0.241 e. The van der Waals surface area contributed by atoms with Crippen LogP contribution in [0.1, 0.15) is 57.7 Å².